The Balaban J connectivity index is 1.14. The minimum absolute atomic E-state index is 0.182. The summed E-state index contributed by atoms with van der Waals surface area (Å²) in [6, 6.07) is 0. The fourth-order valence-corrected chi connectivity index (χ4v) is 10.8. The molecule has 7 aliphatic heterocycles. The minimum Gasteiger partial charge on any atom is -0.460 e. The van der Waals surface area contributed by atoms with Crippen molar-refractivity contribution in [3.8, 4) is 0 Å². The zero-order chi connectivity index (χ0) is 53.5. The zero-order valence-corrected chi connectivity index (χ0v) is 43.1. The molecule has 7 aliphatic rings. The maximum absolute atomic E-state index is 13.0. The first kappa shape index (κ1) is 57.4. The Morgan fingerprint density at radius 3 is 1.84 bits per heavy atom. The lowest BCUT2D eigenvalue weighted by Gasteiger charge is -2.51. The SMILES string of the molecule is COCC1OC(OC2OCC3OC4(OC3C2OC(C)=O)OC(C)C(O)(C(C)OC(C)=O)C2OCOC24)C(OC)C(OC(C)=O)C1OC1OC(C)C(OC)C(OC2CC(C)(O)C(OC(C)=O)C(C)O2)C1OC(C)=O. The summed E-state index contributed by atoms with van der Waals surface area (Å²) >= 11 is 0. The summed E-state index contributed by atoms with van der Waals surface area (Å²) in [5.41, 5.74) is -3.55. The third kappa shape index (κ3) is 11.8. The third-order valence-electron chi connectivity index (χ3n) is 13.8. The molecule has 7 saturated heterocycles. The minimum atomic E-state index is -2.06. The molecule has 0 bridgehead atoms. The first-order valence-electron chi connectivity index (χ1n) is 24.0. The largest absolute Gasteiger partial charge is 0.460 e. The highest BCUT2D eigenvalue weighted by Crippen LogP contribution is 2.51. The van der Waals surface area contributed by atoms with Gasteiger partial charge in [-0.25, -0.2) is 0 Å². The van der Waals surface area contributed by atoms with Gasteiger partial charge >= 0.3 is 35.8 Å². The molecule has 0 saturated carbocycles. The fraction of sp³-hybridized carbons (Fsp3) is 0.891. The normalized spacial score (nSPS) is 45.8. The second-order valence-electron chi connectivity index (χ2n) is 19.3. The van der Waals surface area contributed by atoms with Crippen molar-refractivity contribution >= 4 is 29.8 Å². The van der Waals surface area contributed by atoms with Crippen LogP contribution in [0, 0.1) is 0 Å². The standard InChI is InChI=1S/C46H70O27/c1-18-30(55-12)33(68-29-14-44(10,52)38(19(2)60-29)66-26(9)51)37(65-25(8)50)43(61-18)69-31-27(15-54-11)67-42(35(56-13)34(31)63-23(6)48)70-41-36(64-24(7)49)32-28(16-57-41)72-46(73-32)40-39(58-17-59-40)45(53,21(4)71-46)20(3)62-22(5)47/h18-21,27-43,52-53H,14-17H2,1-13H3. The third-order valence-corrected chi connectivity index (χ3v) is 13.8. The summed E-state index contributed by atoms with van der Waals surface area (Å²) in [4.78, 5) is 62.5. The predicted molar refractivity (Wildman–Crippen MR) is 233 cm³/mol. The molecule has 1 spiro atoms. The van der Waals surface area contributed by atoms with Gasteiger partial charge < -0.3 is 105 Å². The summed E-state index contributed by atoms with van der Waals surface area (Å²) < 4.78 is 121. The number of methoxy groups -OCH3 is 3. The summed E-state index contributed by atoms with van der Waals surface area (Å²) in [5, 5.41) is 23.4. The molecule has 0 aromatic heterocycles. The number of carbonyl (C=O) groups is 5. The zero-order valence-electron chi connectivity index (χ0n) is 43.1. The van der Waals surface area contributed by atoms with Crippen LogP contribution in [0.15, 0.2) is 0 Å². The fourth-order valence-electron chi connectivity index (χ4n) is 10.8. The van der Waals surface area contributed by atoms with E-state index in [4.69, 9.17) is 94.7 Å². The monoisotopic (exact) mass is 1050 g/mol. The van der Waals surface area contributed by atoms with Crippen molar-refractivity contribution in [3.05, 3.63) is 0 Å². The molecule has 0 aromatic rings. The van der Waals surface area contributed by atoms with Gasteiger partial charge in [0.2, 0.25) is 6.29 Å². The van der Waals surface area contributed by atoms with Crippen LogP contribution in [0.4, 0.5) is 0 Å². The van der Waals surface area contributed by atoms with Crippen LogP contribution in [0.1, 0.15) is 75.7 Å². The Morgan fingerprint density at radius 2 is 1.23 bits per heavy atom. The molecule has 73 heavy (non-hydrogen) atoms. The maximum atomic E-state index is 13.0. The van der Waals surface area contributed by atoms with Gasteiger partial charge in [-0.15, -0.1) is 0 Å². The Kier molecular flexibility index (Phi) is 18.2. The van der Waals surface area contributed by atoms with Crippen LogP contribution < -0.4 is 0 Å². The van der Waals surface area contributed by atoms with Crippen molar-refractivity contribution in [2.45, 2.75) is 222 Å². The highest BCUT2D eigenvalue weighted by atomic mass is 16.9. The molecule has 24 unspecified atom stereocenters. The van der Waals surface area contributed by atoms with Gasteiger partial charge in [-0.05, 0) is 34.6 Å². The van der Waals surface area contributed by atoms with Crippen LogP contribution in [0.5, 0.6) is 0 Å². The van der Waals surface area contributed by atoms with Crippen molar-refractivity contribution in [2.75, 3.05) is 41.3 Å². The highest BCUT2D eigenvalue weighted by Gasteiger charge is 2.73. The lowest BCUT2D eigenvalue weighted by atomic mass is 9.80. The van der Waals surface area contributed by atoms with Gasteiger partial charge in [-0.3, -0.25) is 24.0 Å². The van der Waals surface area contributed by atoms with Gasteiger partial charge in [0.25, 0.3) is 0 Å². The smallest absolute Gasteiger partial charge is 0.315 e. The number of hydrogen-bond donors (Lipinski definition) is 2. The van der Waals surface area contributed by atoms with Crippen LogP contribution in [0.25, 0.3) is 0 Å². The summed E-state index contributed by atoms with van der Waals surface area (Å²) in [7, 11) is 4.07. The molecule has 7 heterocycles. The second kappa shape index (κ2) is 23.1. The topological polar surface area (TPSA) is 310 Å². The van der Waals surface area contributed by atoms with Crippen molar-refractivity contribution < 1.29 is 129 Å². The van der Waals surface area contributed by atoms with E-state index in [1.54, 1.807) is 13.8 Å². The van der Waals surface area contributed by atoms with Crippen LogP contribution in [0.2, 0.25) is 0 Å². The van der Waals surface area contributed by atoms with Gasteiger partial charge in [0.1, 0.15) is 67.3 Å². The molecule has 27 heteroatoms. The first-order chi connectivity index (χ1) is 34.4. The van der Waals surface area contributed by atoms with E-state index in [0.29, 0.717) is 0 Å². The number of esters is 5. The van der Waals surface area contributed by atoms with E-state index in [2.05, 4.69) is 0 Å². The summed E-state index contributed by atoms with van der Waals surface area (Å²) in [6.45, 7) is 12.8. The van der Waals surface area contributed by atoms with E-state index in [-0.39, 0.29) is 26.4 Å². The lowest BCUT2D eigenvalue weighted by molar-refractivity contribution is -0.438. The van der Waals surface area contributed by atoms with Gasteiger partial charge in [0.15, 0.2) is 55.0 Å². The molecule has 0 aliphatic carbocycles. The molecule has 7 fully saturated rings. The average Bonchev–Trinajstić information content (AvgIpc) is 3.94. The molecular formula is C46H70O27. The number of aliphatic hydroxyl groups is 2. The predicted octanol–water partition coefficient (Wildman–Crippen LogP) is -0.831. The van der Waals surface area contributed by atoms with Crippen molar-refractivity contribution in [1.29, 1.82) is 0 Å². The first-order valence-corrected chi connectivity index (χ1v) is 24.0. The Labute approximate surface area is 421 Å². The Morgan fingerprint density at radius 1 is 0.616 bits per heavy atom. The highest BCUT2D eigenvalue weighted by molar-refractivity contribution is 5.67. The molecule has 27 nitrogen and oxygen atoms in total. The Hall–Kier alpha value is -3.33. The van der Waals surface area contributed by atoms with Crippen molar-refractivity contribution in [3.63, 3.8) is 0 Å². The van der Waals surface area contributed by atoms with E-state index in [0.717, 1.165) is 20.8 Å². The Bertz CT molecular complexity index is 1960. The van der Waals surface area contributed by atoms with E-state index in [1.165, 1.54) is 55.9 Å². The van der Waals surface area contributed by atoms with Gasteiger partial charge in [-0.1, -0.05) is 0 Å². The van der Waals surface area contributed by atoms with Crippen molar-refractivity contribution in [2.24, 2.45) is 0 Å². The lowest BCUT2D eigenvalue weighted by Crippen LogP contribution is -2.73. The van der Waals surface area contributed by atoms with Crippen LogP contribution in [-0.4, -0.2) is 227 Å². The van der Waals surface area contributed by atoms with Gasteiger partial charge in [-0.2, -0.15) is 0 Å². The van der Waals surface area contributed by atoms with Crippen molar-refractivity contribution in [1.82, 2.24) is 0 Å². The van der Waals surface area contributed by atoms with Crippen LogP contribution >= 0.6 is 0 Å². The van der Waals surface area contributed by atoms with Gasteiger partial charge in [0.05, 0.1) is 31.5 Å². The van der Waals surface area contributed by atoms with Crippen LogP contribution in [-0.2, 0) is 119 Å². The molecule has 0 radical (unpaired) electrons. The number of ether oxygens (including phenoxy) is 20. The number of fused-ring (bicyclic) bond motifs is 3. The molecule has 7 rings (SSSR count). The van der Waals surface area contributed by atoms with E-state index in [1.807, 2.05) is 0 Å². The maximum Gasteiger partial charge on any atom is 0.315 e. The molecule has 416 valence electrons. The summed E-state index contributed by atoms with van der Waals surface area (Å²) in [5.74, 6) is -5.65. The van der Waals surface area contributed by atoms with E-state index >= 15 is 0 Å². The quantitative estimate of drug-likeness (QED) is 0.141. The average molecular weight is 1060 g/mol. The molecule has 2 N–H and O–H groups in total. The molecule has 24 atom stereocenters. The van der Waals surface area contributed by atoms with Gasteiger partial charge in [0, 0.05) is 62.4 Å². The molecular weight excluding hydrogens is 984 g/mol. The molecule has 0 amide bonds. The van der Waals surface area contributed by atoms with E-state index < -0.39 is 176 Å². The second-order valence-corrected chi connectivity index (χ2v) is 19.3. The number of carbonyl (C=O) groups excluding carboxylic acids is 5. The summed E-state index contributed by atoms with van der Waals surface area (Å²) in [6.07, 6.45) is -25.8. The number of rotatable bonds is 16. The number of hydrogen-bond acceptors (Lipinski definition) is 27. The molecule has 0 aromatic carbocycles. The van der Waals surface area contributed by atoms with E-state index in [9.17, 15) is 34.2 Å². The van der Waals surface area contributed by atoms with Crippen LogP contribution in [0.3, 0.4) is 0 Å².